The van der Waals surface area contributed by atoms with E-state index in [0.29, 0.717) is 10.9 Å². The quantitative estimate of drug-likeness (QED) is 0.488. The number of fused-ring (bicyclic) bond motifs is 3. The monoisotopic (exact) mass is 362 g/mol. The fourth-order valence-electron chi connectivity index (χ4n) is 3.21. The number of hydrogen-bond donors (Lipinski definition) is 2. The molecule has 3 aromatic heterocycles. The van der Waals surface area contributed by atoms with E-state index in [1.54, 1.807) is 6.07 Å². The molecule has 26 heavy (non-hydrogen) atoms. The van der Waals surface area contributed by atoms with Crippen molar-refractivity contribution >= 4 is 33.5 Å². The summed E-state index contributed by atoms with van der Waals surface area (Å²) >= 11 is 6.12. The molecule has 0 aliphatic rings. The Balaban J connectivity index is 1.81. The normalized spacial score (nSPS) is 11.4. The number of halogens is 1. The van der Waals surface area contributed by atoms with Crippen LogP contribution in [0.4, 0.5) is 0 Å². The topological polar surface area (TPSA) is 87.6 Å². The summed E-state index contributed by atoms with van der Waals surface area (Å²) in [4.78, 5) is 22.6. The van der Waals surface area contributed by atoms with Crippen LogP contribution < -0.4 is 5.56 Å². The van der Waals surface area contributed by atoms with Gasteiger partial charge in [0.25, 0.3) is 5.89 Å². The molecule has 0 spiro atoms. The molecule has 0 bridgehead atoms. The molecule has 0 atom stereocenters. The van der Waals surface area contributed by atoms with E-state index >= 15 is 0 Å². The Hall–Kier alpha value is -3.38. The summed E-state index contributed by atoms with van der Waals surface area (Å²) in [7, 11) is 0. The Morgan fingerprint density at radius 1 is 0.962 bits per heavy atom. The van der Waals surface area contributed by atoms with Crippen molar-refractivity contribution in [2.75, 3.05) is 0 Å². The highest BCUT2D eigenvalue weighted by molar-refractivity contribution is 6.31. The average molecular weight is 363 g/mol. The fourth-order valence-corrected chi connectivity index (χ4v) is 3.38. The number of H-pyrrole nitrogens is 2. The van der Waals surface area contributed by atoms with Crippen molar-refractivity contribution in [1.29, 1.82) is 0 Å². The summed E-state index contributed by atoms with van der Waals surface area (Å²) in [5, 5.41) is 5.13. The second-order valence-electron chi connectivity index (χ2n) is 5.94. The second kappa shape index (κ2) is 5.57. The van der Waals surface area contributed by atoms with E-state index in [0.717, 1.165) is 38.6 Å². The first-order valence-electron chi connectivity index (χ1n) is 7.91. The van der Waals surface area contributed by atoms with Gasteiger partial charge in [-0.1, -0.05) is 28.9 Å². The summed E-state index contributed by atoms with van der Waals surface area (Å²) in [5.41, 5.74) is 4.73. The Kier molecular flexibility index (Phi) is 3.20. The number of rotatable bonds is 2. The zero-order valence-electron chi connectivity index (χ0n) is 13.3. The first-order valence-corrected chi connectivity index (χ1v) is 8.28. The van der Waals surface area contributed by atoms with Crippen molar-refractivity contribution in [3.8, 4) is 22.6 Å². The van der Waals surface area contributed by atoms with E-state index in [9.17, 15) is 4.79 Å². The largest absolute Gasteiger partial charge is 0.353 e. The molecule has 7 heteroatoms. The summed E-state index contributed by atoms with van der Waals surface area (Å²) in [6, 6.07) is 14.7. The van der Waals surface area contributed by atoms with Crippen LogP contribution in [0.15, 0.2) is 64.2 Å². The van der Waals surface area contributed by atoms with Crippen molar-refractivity contribution in [3.63, 3.8) is 0 Å². The minimum atomic E-state index is -0.184. The summed E-state index contributed by atoms with van der Waals surface area (Å²) in [6.45, 7) is 0. The predicted octanol–water partition coefficient (Wildman–Crippen LogP) is 4.38. The number of nitrogens with zero attached hydrogens (tertiary/aromatic N) is 2. The van der Waals surface area contributed by atoms with Gasteiger partial charge in [-0.05, 0) is 35.9 Å². The van der Waals surface area contributed by atoms with E-state index in [2.05, 4.69) is 20.1 Å². The molecule has 0 radical (unpaired) electrons. The molecule has 0 saturated heterocycles. The highest BCUT2D eigenvalue weighted by Crippen LogP contribution is 2.33. The maximum absolute atomic E-state index is 12.3. The lowest BCUT2D eigenvalue weighted by molar-refractivity contribution is 0.430. The third kappa shape index (κ3) is 2.31. The average Bonchev–Trinajstić information content (AvgIpc) is 3.29. The number of aromatic nitrogens is 4. The standard InChI is InChI=1S/C19H11ClN4O2/c20-12-4-5-15-14(7-12)18-17(23-15)13(8-16(25)24-18)10-2-1-3-11(6-10)19-21-9-22-26-19/h1-9,23H,(H,24,25). The van der Waals surface area contributed by atoms with Crippen molar-refractivity contribution < 1.29 is 4.52 Å². The second-order valence-corrected chi connectivity index (χ2v) is 6.38. The van der Waals surface area contributed by atoms with Crippen LogP contribution in [0.1, 0.15) is 0 Å². The molecule has 126 valence electrons. The zero-order chi connectivity index (χ0) is 17.7. The first-order chi connectivity index (χ1) is 12.7. The maximum Gasteiger partial charge on any atom is 0.257 e. The van der Waals surface area contributed by atoms with Crippen LogP contribution in [0.2, 0.25) is 5.02 Å². The number of aromatic amines is 2. The van der Waals surface area contributed by atoms with Crippen LogP contribution in [-0.2, 0) is 0 Å². The third-order valence-corrected chi connectivity index (χ3v) is 4.57. The maximum atomic E-state index is 12.3. The lowest BCUT2D eigenvalue weighted by Crippen LogP contribution is -2.04. The van der Waals surface area contributed by atoms with Gasteiger partial charge in [-0.25, -0.2) is 0 Å². The summed E-state index contributed by atoms with van der Waals surface area (Å²) in [6.07, 6.45) is 1.36. The molecule has 0 saturated carbocycles. The SMILES string of the molecule is O=c1cc(-c2cccc(-c3ncno3)c2)c2[nH]c3ccc(Cl)cc3c2[nH]1. The van der Waals surface area contributed by atoms with Crippen molar-refractivity contribution in [2.24, 2.45) is 0 Å². The van der Waals surface area contributed by atoms with E-state index in [4.69, 9.17) is 16.1 Å². The van der Waals surface area contributed by atoms with E-state index in [1.807, 2.05) is 42.5 Å². The lowest BCUT2D eigenvalue weighted by Gasteiger charge is -2.05. The van der Waals surface area contributed by atoms with Gasteiger partial charge in [0.2, 0.25) is 5.56 Å². The van der Waals surface area contributed by atoms with Gasteiger partial charge in [-0.3, -0.25) is 4.79 Å². The van der Waals surface area contributed by atoms with Crippen molar-refractivity contribution in [2.45, 2.75) is 0 Å². The summed E-state index contributed by atoms with van der Waals surface area (Å²) in [5.74, 6) is 0.427. The van der Waals surface area contributed by atoms with Crippen LogP contribution in [0.25, 0.3) is 44.5 Å². The summed E-state index contributed by atoms with van der Waals surface area (Å²) < 4.78 is 5.13. The highest BCUT2D eigenvalue weighted by atomic mass is 35.5. The molecule has 0 amide bonds. The first kappa shape index (κ1) is 14.9. The van der Waals surface area contributed by atoms with Gasteiger partial charge >= 0.3 is 0 Å². The van der Waals surface area contributed by atoms with Crippen molar-refractivity contribution in [3.05, 3.63) is 70.2 Å². The molecule has 3 heterocycles. The van der Waals surface area contributed by atoms with Crippen LogP contribution in [0.5, 0.6) is 0 Å². The smallest absolute Gasteiger partial charge is 0.257 e. The van der Waals surface area contributed by atoms with Gasteiger partial charge in [0.15, 0.2) is 6.33 Å². The Morgan fingerprint density at radius 2 is 1.85 bits per heavy atom. The van der Waals surface area contributed by atoms with Gasteiger partial charge in [0, 0.05) is 33.1 Å². The number of nitrogens with one attached hydrogen (secondary N) is 2. The number of hydrogen-bond acceptors (Lipinski definition) is 4. The fraction of sp³-hybridized carbons (Fsp3) is 0. The minimum absolute atomic E-state index is 0.184. The molecular formula is C19H11ClN4O2. The Labute approximate surface area is 151 Å². The van der Waals surface area contributed by atoms with Crippen molar-refractivity contribution in [1.82, 2.24) is 20.1 Å². The highest BCUT2D eigenvalue weighted by Gasteiger charge is 2.13. The lowest BCUT2D eigenvalue weighted by atomic mass is 10.0. The van der Waals surface area contributed by atoms with Crippen LogP contribution >= 0.6 is 11.6 Å². The molecule has 2 N–H and O–H groups in total. The van der Waals surface area contributed by atoms with E-state index in [-0.39, 0.29) is 5.56 Å². The molecule has 6 nitrogen and oxygen atoms in total. The molecule has 0 unspecified atom stereocenters. The van der Waals surface area contributed by atoms with Crippen LogP contribution in [0, 0.1) is 0 Å². The number of pyridine rings is 1. The Morgan fingerprint density at radius 3 is 2.69 bits per heavy atom. The molecule has 5 aromatic rings. The number of benzene rings is 2. The molecule has 0 aliphatic heterocycles. The molecule has 0 aliphatic carbocycles. The minimum Gasteiger partial charge on any atom is -0.353 e. The van der Waals surface area contributed by atoms with Gasteiger partial charge < -0.3 is 14.5 Å². The van der Waals surface area contributed by atoms with Crippen LogP contribution in [0.3, 0.4) is 0 Å². The van der Waals surface area contributed by atoms with Gasteiger partial charge in [0.1, 0.15) is 0 Å². The predicted molar refractivity (Wildman–Crippen MR) is 100 cm³/mol. The van der Waals surface area contributed by atoms with E-state index in [1.165, 1.54) is 6.33 Å². The molecule has 0 fully saturated rings. The van der Waals surface area contributed by atoms with E-state index < -0.39 is 0 Å². The molecule has 5 rings (SSSR count). The van der Waals surface area contributed by atoms with Gasteiger partial charge in [-0.2, -0.15) is 4.98 Å². The third-order valence-electron chi connectivity index (χ3n) is 4.34. The zero-order valence-corrected chi connectivity index (χ0v) is 14.0. The Bertz CT molecular complexity index is 1320. The van der Waals surface area contributed by atoms with Gasteiger partial charge in [0.05, 0.1) is 11.0 Å². The van der Waals surface area contributed by atoms with Gasteiger partial charge in [-0.15, -0.1) is 0 Å². The van der Waals surface area contributed by atoms with Crippen LogP contribution in [-0.4, -0.2) is 20.1 Å². The molecule has 2 aromatic carbocycles. The molecular weight excluding hydrogens is 352 g/mol.